The number of hydrogen-bond acceptors (Lipinski definition) is 4. The molecular formula is C13H15BrN2O2S2. The quantitative estimate of drug-likeness (QED) is 0.800. The Kier molecular flexibility index (Phi) is 4.41. The third kappa shape index (κ3) is 3.16. The van der Waals surface area contributed by atoms with Crippen molar-refractivity contribution in [1.82, 2.24) is 0 Å². The van der Waals surface area contributed by atoms with Crippen LogP contribution >= 0.6 is 27.3 Å². The molecule has 0 amide bonds. The van der Waals surface area contributed by atoms with E-state index in [0.717, 1.165) is 16.9 Å². The first-order chi connectivity index (χ1) is 9.33. The van der Waals surface area contributed by atoms with E-state index in [2.05, 4.69) is 20.7 Å². The van der Waals surface area contributed by atoms with Gasteiger partial charge in [-0.3, -0.25) is 4.72 Å². The minimum Gasteiger partial charge on any atom is -0.397 e. The zero-order valence-electron chi connectivity index (χ0n) is 11.1. The average Bonchev–Trinajstić information content (AvgIpc) is 2.83. The highest BCUT2D eigenvalue weighted by Gasteiger charge is 2.19. The maximum atomic E-state index is 12.3. The third-order valence-electron chi connectivity index (χ3n) is 2.75. The summed E-state index contributed by atoms with van der Waals surface area (Å²) in [6.07, 6.45) is 0.816. The maximum absolute atomic E-state index is 12.3. The van der Waals surface area contributed by atoms with Crippen molar-refractivity contribution in [2.24, 2.45) is 0 Å². The normalized spacial score (nSPS) is 11.6. The lowest BCUT2D eigenvalue weighted by Crippen LogP contribution is -2.13. The monoisotopic (exact) mass is 374 g/mol. The Hall–Kier alpha value is -1.05. The Balaban J connectivity index is 2.38. The molecule has 1 heterocycles. The molecule has 0 spiro atoms. The predicted molar refractivity (Wildman–Crippen MR) is 87.8 cm³/mol. The van der Waals surface area contributed by atoms with Gasteiger partial charge in [0.1, 0.15) is 4.21 Å². The van der Waals surface area contributed by atoms with E-state index in [-0.39, 0.29) is 0 Å². The van der Waals surface area contributed by atoms with Gasteiger partial charge in [0.05, 0.1) is 11.4 Å². The molecule has 108 valence electrons. The standard InChI is InChI=1S/C13H15BrN2O2S2/c1-3-9-4-5-12(19-9)20(17,18)16-13-10(14)6-8(2)7-11(13)15/h4-7,16H,3,15H2,1-2H3. The number of nitrogen functional groups attached to an aromatic ring is 1. The zero-order chi connectivity index (χ0) is 14.9. The van der Waals surface area contributed by atoms with Crippen LogP contribution in [0.3, 0.4) is 0 Å². The molecule has 0 radical (unpaired) electrons. The number of thiophene rings is 1. The summed E-state index contributed by atoms with van der Waals surface area (Å²) in [6.45, 7) is 3.89. The topological polar surface area (TPSA) is 72.2 Å². The molecule has 0 saturated carbocycles. The Bertz CT molecular complexity index is 716. The van der Waals surface area contributed by atoms with Gasteiger partial charge in [0, 0.05) is 9.35 Å². The van der Waals surface area contributed by atoms with Gasteiger partial charge in [-0.15, -0.1) is 11.3 Å². The number of benzene rings is 1. The lowest BCUT2D eigenvalue weighted by molar-refractivity contribution is 0.603. The SMILES string of the molecule is CCc1ccc(S(=O)(=O)Nc2c(N)cc(C)cc2Br)s1. The van der Waals surface area contributed by atoms with Crippen molar-refractivity contribution in [2.45, 2.75) is 24.5 Å². The van der Waals surface area contributed by atoms with Crippen LogP contribution in [0.25, 0.3) is 0 Å². The van der Waals surface area contributed by atoms with E-state index in [1.807, 2.05) is 26.0 Å². The fraction of sp³-hybridized carbons (Fsp3) is 0.231. The number of nitrogens with one attached hydrogen (secondary N) is 1. The van der Waals surface area contributed by atoms with Gasteiger partial charge in [-0.25, -0.2) is 8.42 Å². The average molecular weight is 375 g/mol. The first-order valence-corrected chi connectivity index (χ1v) is 9.10. The molecule has 0 fully saturated rings. The summed E-state index contributed by atoms with van der Waals surface area (Å²) in [5.74, 6) is 0. The molecule has 4 nitrogen and oxygen atoms in total. The summed E-state index contributed by atoms with van der Waals surface area (Å²) in [5, 5.41) is 0. The van der Waals surface area contributed by atoms with Crippen LogP contribution in [0.2, 0.25) is 0 Å². The Morgan fingerprint density at radius 3 is 2.60 bits per heavy atom. The van der Waals surface area contributed by atoms with Crippen LogP contribution in [-0.4, -0.2) is 8.42 Å². The molecule has 0 bridgehead atoms. The number of rotatable bonds is 4. The number of hydrogen-bond donors (Lipinski definition) is 2. The minimum atomic E-state index is -3.60. The molecule has 0 saturated heterocycles. The van der Waals surface area contributed by atoms with E-state index in [9.17, 15) is 8.42 Å². The van der Waals surface area contributed by atoms with E-state index in [1.165, 1.54) is 11.3 Å². The van der Waals surface area contributed by atoms with E-state index >= 15 is 0 Å². The summed E-state index contributed by atoms with van der Waals surface area (Å²) in [5.41, 5.74) is 7.62. The van der Waals surface area contributed by atoms with Crippen LogP contribution in [0.5, 0.6) is 0 Å². The first kappa shape index (κ1) is 15.3. The van der Waals surface area contributed by atoms with E-state index in [4.69, 9.17) is 5.73 Å². The number of nitrogens with two attached hydrogens (primary N) is 1. The zero-order valence-corrected chi connectivity index (χ0v) is 14.3. The molecular weight excluding hydrogens is 360 g/mol. The summed E-state index contributed by atoms with van der Waals surface area (Å²) < 4.78 is 28.2. The van der Waals surface area contributed by atoms with E-state index in [0.29, 0.717) is 20.1 Å². The molecule has 0 unspecified atom stereocenters. The highest BCUT2D eigenvalue weighted by atomic mass is 79.9. The van der Waals surface area contributed by atoms with Crippen LogP contribution in [0, 0.1) is 6.92 Å². The van der Waals surface area contributed by atoms with Gasteiger partial charge in [-0.05, 0) is 59.1 Å². The largest absolute Gasteiger partial charge is 0.397 e. The molecule has 3 N–H and O–H groups in total. The molecule has 20 heavy (non-hydrogen) atoms. The molecule has 0 aliphatic rings. The molecule has 2 rings (SSSR count). The minimum absolute atomic E-state index is 0.293. The second kappa shape index (κ2) is 5.75. The predicted octanol–water partition coefficient (Wildman–Crippen LogP) is 3.76. The van der Waals surface area contributed by atoms with Gasteiger partial charge in [0.15, 0.2) is 0 Å². The van der Waals surface area contributed by atoms with Crippen LogP contribution < -0.4 is 10.5 Å². The third-order valence-corrected chi connectivity index (χ3v) is 6.45. The molecule has 1 aromatic carbocycles. The fourth-order valence-corrected chi connectivity index (χ4v) is 4.98. The Morgan fingerprint density at radius 1 is 1.35 bits per heavy atom. The van der Waals surface area contributed by atoms with Gasteiger partial charge in [-0.2, -0.15) is 0 Å². The summed E-state index contributed by atoms with van der Waals surface area (Å²) >= 11 is 4.61. The van der Waals surface area contributed by atoms with Crippen LogP contribution in [0.4, 0.5) is 11.4 Å². The first-order valence-electron chi connectivity index (χ1n) is 6.00. The van der Waals surface area contributed by atoms with Gasteiger partial charge in [-0.1, -0.05) is 6.92 Å². The van der Waals surface area contributed by atoms with E-state index in [1.54, 1.807) is 12.1 Å². The lowest BCUT2D eigenvalue weighted by atomic mass is 10.2. The number of aryl methyl sites for hydroxylation is 2. The molecule has 0 aliphatic carbocycles. The number of sulfonamides is 1. The van der Waals surface area contributed by atoms with Crippen molar-refractivity contribution < 1.29 is 8.42 Å². The van der Waals surface area contributed by atoms with Crippen molar-refractivity contribution in [2.75, 3.05) is 10.5 Å². The Morgan fingerprint density at radius 2 is 2.05 bits per heavy atom. The molecule has 0 atom stereocenters. The molecule has 7 heteroatoms. The van der Waals surface area contributed by atoms with Crippen LogP contribution in [0.15, 0.2) is 32.9 Å². The number of halogens is 1. The van der Waals surface area contributed by atoms with Crippen molar-refractivity contribution in [3.8, 4) is 0 Å². The van der Waals surface area contributed by atoms with Crippen molar-refractivity contribution in [3.05, 3.63) is 39.2 Å². The Labute approximate surface area is 131 Å². The molecule has 2 aromatic rings. The van der Waals surface area contributed by atoms with Gasteiger partial charge >= 0.3 is 0 Å². The summed E-state index contributed by atoms with van der Waals surface area (Å²) in [7, 11) is -3.60. The van der Waals surface area contributed by atoms with Crippen LogP contribution in [-0.2, 0) is 16.4 Å². The van der Waals surface area contributed by atoms with E-state index < -0.39 is 10.0 Å². The van der Waals surface area contributed by atoms with Gasteiger partial charge < -0.3 is 5.73 Å². The highest BCUT2D eigenvalue weighted by molar-refractivity contribution is 9.10. The summed E-state index contributed by atoms with van der Waals surface area (Å²) in [6, 6.07) is 6.99. The fourth-order valence-electron chi connectivity index (χ4n) is 1.75. The smallest absolute Gasteiger partial charge is 0.271 e. The second-order valence-electron chi connectivity index (χ2n) is 4.39. The lowest BCUT2D eigenvalue weighted by Gasteiger charge is -2.12. The van der Waals surface area contributed by atoms with Crippen molar-refractivity contribution in [1.29, 1.82) is 0 Å². The highest BCUT2D eigenvalue weighted by Crippen LogP contribution is 2.33. The van der Waals surface area contributed by atoms with Crippen molar-refractivity contribution >= 4 is 48.7 Å². The number of anilines is 2. The summed E-state index contributed by atoms with van der Waals surface area (Å²) in [4.78, 5) is 1.03. The molecule has 0 aliphatic heterocycles. The van der Waals surface area contributed by atoms with Gasteiger partial charge in [0.25, 0.3) is 10.0 Å². The van der Waals surface area contributed by atoms with Gasteiger partial charge in [0.2, 0.25) is 0 Å². The van der Waals surface area contributed by atoms with Crippen molar-refractivity contribution in [3.63, 3.8) is 0 Å². The molecule has 1 aromatic heterocycles. The van der Waals surface area contributed by atoms with Crippen LogP contribution in [0.1, 0.15) is 17.4 Å². The maximum Gasteiger partial charge on any atom is 0.271 e. The second-order valence-corrected chi connectivity index (χ2v) is 8.32.